The van der Waals surface area contributed by atoms with E-state index in [1.54, 1.807) is 0 Å². The zero-order chi connectivity index (χ0) is 22.0. The van der Waals surface area contributed by atoms with E-state index in [1.165, 1.54) is 0 Å². The van der Waals surface area contributed by atoms with Gasteiger partial charge in [0.25, 0.3) is 5.91 Å². The average molecular weight is 404 g/mol. The second kappa shape index (κ2) is 9.05. The topological polar surface area (TPSA) is 58.8 Å². The van der Waals surface area contributed by atoms with E-state index in [0.29, 0.717) is 19.1 Å². The van der Waals surface area contributed by atoms with Crippen molar-refractivity contribution in [3.63, 3.8) is 0 Å². The van der Waals surface area contributed by atoms with Gasteiger partial charge in [0.05, 0.1) is 0 Å². The quantitative estimate of drug-likeness (QED) is 0.788. The van der Waals surface area contributed by atoms with Crippen molar-refractivity contribution in [2.75, 3.05) is 46.9 Å². The highest BCUT2D eigenvalue weighted by Crippen LogP contribution is 2.41. The molecule has 0 aromatic heterocycles. The molecule has 0 radical (unpaired) electrons. The molecule has 1 fully saturated rings. The zero-order valence-electron chi connectivity index (χ0n) is 19.8. The minimum atomic E-state index is -0.130. The molecule has 1 unspecified atom stereocenters. The van der Waals surface area contributed by atoms with E-state index in [9.17, 15) is 4.79 Å². The predicted molar refractivity (Wildman–Crippen MR) is 121 cm³/mol. The zero-order valence-corrected chi connectivity index (χ0v) is 19.8. The summed E-state index contributed by atoms with van der Waals surface area (Å²) in [7, 11) is 4.09. The molecule has 164 valence electrons. The maximum Gasteiger partial charge on any atom is 0.253 e. The molecule has 5 nitrogen and oxygen atoms in total. The first-order chi connectivity index (χ1) is 13.3. The summed E-state index contributed by atoms with van der Waals surface area (Å²) < 4.78 is 6.34. The molecule has 1 atom stereocenters. The van der Waals surface area contributed by atoms with Crippen molar-refractivity contribution < 1.29 is 9.53 Å². The van der Waals surface area contributed by atoms with Crippen molar-refractivity contribution in [3.05, 3.63) is 28.8 Å². The van der Waals surface area contributed by atoms with E-state index in [-0.39, 0.29) is 16.7 Å². The molecule has 1 amide bonds. The van der Waals surface area contributed by atoms with Crippen LogP contribution in [0.15, 0.2) is 12.1 Å². The molecule has 0 saturated carbocycles. The van der Waals surface area contributed by atoms with Crippen LogP contribution in [0.1, 0.15) is 69.4 Å². The number of carbonyl (C=O) groups is 1. The molecular weight excluding hydrogens is 362 g/mol. The monoisotopic (exact) mass is 403 g/mol. The van der Waals surface area contributed by atoms with Crippen molar-refractivity contribution in [1.29, 1.82) is 0 Å². The number of carbonyl (C=O) groups excluding carboxylic acids is 1. The number of rotatable bonds is 6. The molecule has 2 rings (SSSR count). The van der Waals surface area contributed by atoms with Gasteiger partial charge in [-0.25, -0.2) is 0 Å². The largest absolute Gasteiger partial charge is 0.492 e. The summed E-state index contributed by atoms with van der Waals surface area (Å²) in [5.41, 5.74) is 8.53. The minimum Gasteiger partial charge on any atom is -0.492 e. The Kier molecular flexibility index (Phi) is 7.39. The van der Waals surface area contributed by atoms with E-state index < -0.39 is 0 Å². The predicted octanol–water partition coefficient (Wildman–Crippen LogP) is 3.64. The normalized spacial score (nSPS) is 17.9. The summed E-state index contributed by atoms with van der Waals surface area (Å²) in [5.74, 6) is 1.46. The fourth-order valence-corrected chi connectivity index (χ4v) is 3.74. The second-order valence-corrected chi connectivity index (χ2v) is 10.7. The fourth-order valence-electron chi connectivity index (χ4n) is 3.74. The van der Waals surface area contributed by atoms with Gasteiger partial charge in [-0.15, -0.1) is 0 Å². The van der Waals surface area contributed by atoms with Gasteiger partial charge in [-0.1, -0.05) is 41.5 Å². The number of nitrogens with two attached hydrogens (primary N) is 1. The lowest BCUT2D eigenvalue weighted by Crippen LogP contribution is -2.31. The molecule has 5 heteroatoms. The van der Waals surface area contributed by atoms with Gasteiger partial charge < -0.3 is 20.3 Å². The Morgan fingerprint density at radius 1 is 1.14 bits per heavy atom. The maximum atomic E-state index is 13.3. The number of hydrogen-bond acceptors (Lipinski definition) is 4. The number of likely N-dealkylation sites (tertiary alicyclic amines) is 1. The Morgan fingerprint density at radius 2 is 1.69 bits per heavy atom. The van der Waals surface area contributed by atoms with Crippen LogP contribution in [0.2, 0.25) is 0 Å². The summed E-state index contributed by atoms with van der Waals surface area (Å²) >= 11 is 0. The summed E-state index contributed by atoms with van der Waals surface area (Å²) in [6.07, 6.45) is 0.992. The summed E-state index contributed by atoms with van der Waals surface area (Å²) in [6, 6.07) is 4.11. The first kappa shape index (κ1) is 23.7. The van der Waals surface area contributed by atoms with Crippen LogP contribution in [0.25, 0.3) is 0 Å². The number of amides is 1. The Balaban J connectivity index is 2.50. The van der Waals surface area contributed by atoms with E-state index in [1.807, 2.05) is 19.0 Å². The van der Waals surface area contributed by atoms with Gasteiger partial charge in [0, 0.05) is 36.3 Å². The highest BCUT2D eigenvalue weighted by atomic mass is 16.5. The highest BCUT2D eigenvalue weighted by Gasteiger charge is 2.32. The lowest BCUT2D eigenvalue weighted by Gasteiger charge is -2.31. The van der Waals surface area contributed by atoms with E-state index in [2.05, 4.69) is 58.6 Å². The number of nitrogens with zero attached hydrogens (tertiary/aromatic N) is 2. The summed E-state index contributed by atoms with van der Waals surface area (Å²) in [4.78, 5) is 17.4. The van der Waals surface area contributed by atoms with Crippen molar-refractivity contribution in [3.8, 4) is 5.75 Å². The van der Waals surface area contributed by atoms with E-state index >= 15 is 0 Å². The van der Waals surface area contributed by atoms with Crippen LogP contribution in [0.4, 0.5) is 0 Å². The molecular formula is C24H41N3O2. The molecule has 2 N–H and O–H groups in total. The molecule has 1 saturated heterocycles. The van der Waals surface area contributed by atoms with Gasteiger partial charge in [-0.3, -0.25) is 4.79 Å². The van der Waals surface area contributed by atoms with Crippen LogP contribution in [0.3, 0.4) is 0 Å². The molecule has 1 aromatic carbocycles. The van der Waals surface area contributed by atoms with Crippen molar-refractivity contribution >= 4 is 5.91 Å². The molecule has 29 heavy (non-hydrogen) atoms. The highest BCUT2D eigenvalue weighted by molar-refractivity contribution is 5.95. The molecule has 1 aliphatic rings. The minimum absolute atomic E-state index is 0.108. The van der Waals surface area contributed by atoms with Crippen LogP contribution in [-0.2, 0) is 10.8 Å². The number of ether oxygens (including phenoxy) is 1. The number of hydrogen-bond donors (Lipinski definition) is 1. The maximum absolute atomic E-state index is 13.3. The van der Waals surface area contributed by atoms with Crippen LogP contribution >= 0.6 is 0 Å². The second-order valence-electron chi connectivity index (χ2n) is 10.7. The third-order valence-electron chi connectivity index (χ3n) is 5.64. The molecule has 1 heterocycles. The summed E-state index contributed by atoms with van der Waals surface area (Å²) in [5, 5.41) is 0. The SMILES string of the molecule is CN(C)CCOc1c(C(C)(C)C)cc(C(=O)N2CCC(CN)C2)cc1C(C)(C)C. The number of benzene rings is 1. The van der Waals surface area contributed by atoms with Crippen LogP contribution < -0.4 is 10.5 Å². The van der Waals surface area contributed by atoms with Gasteiger partial charge in [-0.05, 0) is 55.9 Å². The standard InChI is InChI=1S/C24H41N3O2/c1-23(2,3)19-13-18(22(28)27-10-9-17(15-25)16-27)14-20(24(4,5)6)21(19)29-12-11-26(7)8/h13-14,17H,9-12,15-16,25H2,1-8H3. The molecule has 1 aliphatic heterocycles. The lowest BCUT2D eigenvalue weighted by atomic mass is 9.78. The van der Waals surface area contributed by atoms with Gasteiger partial charge in [-0.2, -0.15) is 0 Å². The first-order valence-corrected chi connectivity index (χ1v) is 10.8. The third kappa shape index (κ3) is 5.95. The molecule has 1 aromatic rings. The Labute approximate surface area is 177 Å². The van der Waals surface area contributed by atoms with Gasteiger partial charge in [0.1, 0.15) is 12.4 Å². The lowest BCUT2D eigenvalue weighted by molar-refractivity contribution is 0.0787. The Hall–Kier alpha value is -1.59. The van der Waals surface area contributed by atoms with E-state index in [0.717, 1.165) is 48.5 Å². The molecule has 0 spiro atoms. The Morgan fingerprint density at radius 3 is 2.10 bits per heavy atom. The average Bonchev–Trinajstić information content (AvgIpc) is 3.08. The molecule has 0 bridgehead atoms. The Bertz CT molecular complexity index is 679. The summed E-state index contributed by atoms with van der Waals surface area (Å²) in [6.45, 7) is 16.8. The van der Waals surface area contributed by atoms with Gasteiger partial charge in [0.15, 0.2) is 0 Å². The van der Waals surface area contributed by atoms with Crippen LogP contribution in [0, 0.1) is 5.92 Å². The van der Waals surface area contributed by atoms with Gasteiger partial charge >= 0.3 is 0 Å². The van der Waals surface area contributed by atoms with Gasteiger partial charge in [0.2, 0.25) is 0 Å². The third-order valence-corrected chi connectivity index (χ3v) is 5.64. The van der Waals surface area contributed by atoms with E-state index in [4.69, 9.17) is 10.5 Å². The van der Waals surface area contributed by atoms with Crippen LogP contribution in [-0.4, -0.2) is 62.6 Å². The number of likely N-dealkylation sites (N-methyl/N-ethyl adjacent to an activating group) is 1. The fraction of sp³-hybridized carbons (Fsp3) is 0.708. The smallest absolute Gasteiger partial charge is 0.253 e. The van der Waals surface area contributed by atoms with Crippen molar-refractivity contribution in [2.24, 2.45) is 11.7 Å². The van der Waals surface area contributed by atoms with Crippen molar-refractivity contribution in [1.82, 2.24) is 9.80 Å². The molecule has 0 aliphatic carbocycles. The first-order valence-electron chi connectivity index (χ1n) is 10.8. The van der Waals surface area contributed by atoms with Crippen molar-refractivity contribution in [2.45, 2.75) is 58.8 Å². The van der Waals surface area contributed by atoms with Crippen LogP contribution in [0.5, 0.6) is 5.75 Å².